The molecule has 88 valence electrons. The molecule has 0 unspecified atom stereocenters. The van der Waals surface area contributed by atoms with E-state index in [-0.39, 0.29) is 0 Å². The van der Waals surface area contributed by atoms with Gasteiger partial charge in [0.25, 0.3) is 0 Å². The molecule has 0 spiro atoms. The van der Waals surface area contributed by atoms with Crippen LogP contribution in [-0.4, -0.2) is 33.1 Å². The predicted octanol–water partition coefficient (Wildman–Crippen LogP) is 1.65. The van der Waals surface area contributed by atoms with Crippen LogP contribution in [0, 0.1) is 0 Å². The third-order valence-electron chi connectivity index (χ3n) is 3.06. The molecule has 5 nitrogen and oxygen atoms in total. The van der Waals surface area contributed by atoms with E-state index in [1.807, 2.05) is 24.4 Å². The topological polar surface area (TPSA) is 46.8 Å². The van der Waals surface area contributed by atoms with Crippen LogP contribution in [0.25, 0.3) is 5.82 Å². The van der Waals surface area contributed by atoms with E-state index in [1.54, 1.807) is 10.9 Å². The van der Waals surface area contributed by atoms with Crippen LogP contribution in [0.2, 0.25) is 0 Å². The van der Waals surface area contributed by atoms with Gasteiger partial charge in [0.2, 0.25) is 0 Å². The molecule has 5 heteroatoms. The van der Waals surface area contributed by atoms with Gasteiger partial charge in [0.1, 0.15) is 0 Å². The quantitative estimate of drug-likeness (QED) is 0.785. The van der Waals surface area contributed by atoms with Crippen LogP contribution in [-0.2, 0) is 0 Å². The second-order valence-corrected chi connectivity index (χ2v) is 4.25. The molecule has 0 aromatic carbocycles. The first-order chi connectivity index (χ1) is 8.43. The summed E-state index contributed by atoms with van der Waals surface area (Å²) < 4.78 is 1.72. The van der Waals surface area contributed by atoms with E-state index in [9.17, 15) is 0 Å². The maximum absolute atomic E-state index is 4.27. The molecule has 0 N–H and O–H groups in total. The second-order valence-electron chi connectivity index (χ2n) is 4.25. The van der Waals surface area contributed by atoms with Crippen molar-refractivity contribution in [1.82, 2.24) is 20.0 Å². The second kappa shape index (κ2) is 4.53. The lowest BCUT2D eigenvalue weighted by molar-refractivity contribution is 0.570. The molecule has 2 aromatic rings. The van der Waals surface area contributed by atoms with E-state index in [2.05, 4.69) is 20.2 Å². The number of hydrogen-bond acceptors (Lipinski definition) is 4. The van der Waals surface area contributed by atoms with Crippen LogP contribution in [0.5, 0.6) is 0 Å². The van der Waals surface area contributed by atoms with Crippen molar-refractivity contribution in [3.05, 3.63) is 30.6 Å². The lowest BCUT2D eigenvalue weighted by Crippen LogP contribution is -2.30. The fourth-order valence-corrected chi connectivity index (χ4v) is 2.14. The Hall–Kier alpha value is -1.91. The number of piperidine rings is 1. The highest BCUT2D eigenvalue weighted by molar-refractivity contribution is 5.39. The highest BCUT2D eigenvalue weighted by Crippen LogP contribution is 2.17. The monoisotopic (exact) mass is 229 g/mol. The van der Waals surface area contributed by atoms with Gasteiger partial charge in [0.15, 0.2) is 11.6 Å². The summed E-state index contributed by atoms with van der Waals surface area (Å²) in [6.45, 7) is 2.19. The molecule has 0 amide bonds. The van der Waals surface area contributed by atoms with Gasteiger partial charge >= 0.3 is 0 Å². The first kappa shape index (κ1) is 10.3. The van der Waals surface area contributed by atoms with Crippen molar-refractivity contribution in [3.63, 3.8) is 0 Å². The van der Waals surface area contributed by atoms with E-state index in [4.69, 9.17) is 0 Å². The third kappa shape index (κ3) is 2.13. The molecule has 0 saturated carbocycles. The summed E-state index contributed by atoms with van der Waals surface area (Å²) in [4.78, 5) is 2.30. The molecule has 1 saturated heterocycles. The zero-order valence-corrected chi connectivity index (χ0v) is 9.66. The van der Waals surface area contributed by atoms with Crippen molar-refractivity contribution in [2.45, 2.75) is 19.3 Å². The summed E-state index contributed by atoms with van der Waals surface area (Å²) in [6, 6.07) is 5.86. The number of aromatic nitrogens is 4. The molecule has 0 aliphatic carbocycles. The summed E-state index contributed by atoms with van der Waals surface area (Å²) >= 11 is 0. The molecule has 3 rings (SSSR count). The van der Waals surface area contributed by atoms with Gasteiger partial charge in [-0.15, -0.1) is 10.2 Å². The van der Waals surface area contributed by atoms with E-state index in [1.165, 1.54) is 19.3 Å². The normalized spacial score (nSPS) is 16.1. The molecule has 2 aromatic heterocycles. The number of hydrogen-bond donors (Lipinski definition) is 0. The smallest absolute Gasteiger partial charge is 0.175 e. The zero-order valence-electron chi connectivity index (χ0n) is 9.66. The Kier molecular flexibility index (Phi) is 2.73. The first-order valence-electron chi connectivity index (χ1n) is 6.02. The van der Waals surface area contributed by atoms with Crippen molar-refractivity contribution < 1.29 is 0 Å². The Morgan fingerprint density at radius 3 is 2.35 bits per heavy atom. The molecule has 0 atom stereocenters. The van der Waals surface area contributed by atoms with Crippen molar-refractivity contribution in [1.29, 1.82) is 0 Å². The molecule has 1 aliphatic rings. The van der Waals surface area contributed by atoms with Crippen LogP contribution in [0.4, 0.5) is 5.82 Å². The molecular weight excluding hydrogens is 214 g/mol. The molecule has 3 heterocycles. The number of anilines is 1. The molecule has 0 radical (unpaired) electrons. The van der Waals surface area contributed by atoms with Gasteiger partial charge in [-0.25, -0.2) is 4.68 Å². The average molecular weight is 229 g/mol. The van der Waals surface area contributed by atoms with Gasteiger partial charge in [-0.05, 0) is 37.5 Å². The van der Waals surface area contributed by atoms with E-state index in [0.29, 0.717) is 0 Å². The Balaban J connectivity index is 1.80. The van der Waals surface area contributed by atoms with Gasteiger partial charge in [-0.1, -0.05) is 0 Å². The highest BCUT2D eigenvalue weighted by atomic mass is 15.4. The summed E-state index contributed by atoms with van der Waals surface area (Å²) in [5, 5.41) is 12.6. The van der Waals surface area contributed by atoms with E-state index in [0.717, 1.165) is 24.7 Å². The minimum atomic E-state index is 0.760. The average Bonchev–Trinajstić information content (AvgIpc) is 2.94. The Morgan fingerprint density at radius 2 is 1.71 bits per heavy atom. The summed E-state index contributed by atoms with van der Waals surface area (Å²) in [6.07, 6.45) is 7.44. The van der Waals surface area contributed by atoms with Crippen molar-refractivity contribution in [3.8, 4) is 5.82 Å². The maximum atomic E-state index is 4.27. The Bertz CT molecular complexity index is 456. The highest BCUT2D eigenvalue weighted by Gasteiger charge is 2.12. The molecule has 0 bridgehead atoms. The summed E-state index contributed by atoms with van der Waals surface area (Å²) in [5.41, 5.74) is 0. The lowest BCUT2D eigenvalue weighted by atomic mass is 10.1. The van der Waals surface area contributed by atoms with Gasteiger partial charge in [0, 0.05) is 25.5 Å². The maximum Gasteiger partial charge on any atom is 0.175 e. The number of nitrogens with zero attached hydrogens (tertiary/aromatic N) is 5. The SMILES string of the molecule is c1cnn(-c2ccc(N3CCCCC3)nn2)c1. The lowest BCUT2D eigenvalue weighted by Gasteiger charge is -2.27. The summed E-state index contributed by atoms with van der Waals surface area (Å²) in [5.74, 6) is 1.73. The van der Waals surface area contributed by atoms with Crippen molar-refractivity contribution in [2.24, 2.45) is 0 Å². The summed E-state index contributed by atoms with van der Waals surface area (Å²) in [7, 11) is 0. The van der Waals surface area contributed by atoms with Crippen LogP contribution in [0.3, 0.4) is 0 Å². The fraction of sp³-hybridized carbons (Fsp3) is 0.417. The van der Waals surface area contributed by atoms with Crippen LogP contribution < -0.4 is 4.90 Å². The number of rotatable bonds is 2. The van der Waals surface area contributed by atoms with Crippen molar-refractivity contribution in [2.75, 3.05) is 18.0 Å². The molecular formula is C12H15N5. The van der Waals surface area contributed by atoms with Gasteiger partial charge in [-0.3, -0.25) is 0 Å². The van der Waals surface area contributed by atoms with Gasteiger partial charge in [0.05, 0.1) is 0 Å². The van der Waals surface area contributed by atoms with Crippen LogP contribution >= 0.6 is 0 Å². The van der Waals surface area contributed by atoms with Gasteiger partial charge in [-0.2, -0.15) is 5.10 Å². The largest absolute Gasteiger partial charge is 0.355 e. The van der Waals surface area contributed by atoms with E-state index < -0.39 is 0 Å². The fourth-order valence-electron chi connectivity index (χ4n) is 2.14. The minimum Gasteiger partial charge on any atom is -0.355 e. The Labute approximate surface area is 100 Å². The van der Waals surface area contributed by atoms with Crippen molar-refractivity contribution >= 4 is 5.82 Å². The standard InChI is InChI=1S/C12H15N5/c1-2-8-16(9-3-1)11-5-6-12(15-14-11)17-10-4-7-13-17/h4-7,10H,1-3,8-9H2. The molecule has 17 heavy (non-hydrogen) atoms. The first-order valence-corrected chi connectivity index (χ1v) is 6.02. The zero-order chi connectivity index (χ0) is 11.5. The van der Waals surface area contributed by atoms with Gasteiger partial charge < -0.3 is 4.90 Å². The Morgan fingerprint density at radius 1 is 0.941 bits per heavy atom. The minimum absolute atomic E-state index is 0.760. The molecule has 1 aliphatic heterocycles. The van der Waals surface area contributed by atoms with E-state index >= 15 is 0 Å². The van der Waals surface area contributed by atoms with Crippen LogP contribution in [0.15, 0.2) is 30.6 Å². The van der Waals surface area contributed by atoms with Crippen LogP contribution in [0.1, 0.15) is 19.3 Å². The predicted molar refractivity (Wildman–Crippen MR) is 65.2 cm³/mol. The molecule has 1 fully saturated rings. The third-order valence-corrected chi connectivity index (χ3v) is 3.06.